The molecule has 2 aliphatic carbocycles. The zero-order chi connectivity index (χ0) is 13.0. The van der Waals surface area contributed by atoms with Crippen LogP contribution >= 0.6 is 23.2 Å². The number of hydrogen-bond donors (Lipinski definition) is 1. The van der Waals surface area contributed by atoms with Gasteiger partial charge in [-0.2, -0.15) is 0 Å². The summed E-state index contributed by atoms with van der Waals surface area (Å²) in [6.45, 7) is 0.790. The number of halogens is 2. The number of hydrogen-bond acceptors (Lipinski definition) is 2. The third-order valence-electron chi connectivity index (χ3n) is 3.97. The van der Waals surface area contributed by atoms with Crippen molar-refractivity contribution in [3.05, 3.63) is 33.5 Å². The van der Waals surface area contributed by atoms with E-state index in [9.17, 15) is 0 Å². The summed E-state index contributed by atoms with van der Waals surface area (Å²) < 4.78 is 6.01. The van der Waals surface area contributed by atoms with Crippen LogP contribution in [-0.4, -0.2) is 6.04 Å². The lowest BCUT2D eigenvalue weighted by atomic mass is 10.1. The molecule has 0 bridgehead atoms. The van der Waals surface area contributed by atoms with Crippen molar-refractivity contribution in [1.29, 1.82) is 0 Å². The molecule has 4 heteroatoms. The maximum atomic E-state index is 6.36. The fraction of sp³-hybridized carbons (Fsp3) is 0.467. The first-order valence-corrected chi connectivity index (χ1v) is 7.62. The topological polar surface area (TPSA) is 25.2 Å². The first kappa shape index (κ1) is 12.1. The Kier molecular flexibility index (Phi) is 2.80. The summed E-state index contributed by atoms with van der Waals surface area (Å²) in [6, 6.07) is 4.35. The van der Waals surface area contributed by atoms with Crippen molar-refractivity contribution in [2.24, 2.45) is 0 Å². The molecule has 2 aliphatic rings. The van der Waals surface area contributed by atoms with Gasteiger partial charge in [0, 0.05) is 17.0 Å². The number of benzene rings is 1. The Morgan fingerprint density at radius 3 is 2.53 bits per heavy atom. The van der Waals surface area contributed by atoms with Crippen molar-refractivity contribution < 1.29 is 4.42 Å². The molecule has 0 radical (unpaired) electrons. The van der Waals surface area contributed by atoms with E-state index in [1.807, 2.05) is 12.1 Å². The Hall–Kier alpha value is -0.700. The molecule has 4 rings (SSSR count). The van der Waals surface area contributed by atoms with Crippen molar-refractivity contribution in [3.8, 4) is 0 Å². The van der Waals surface area contributed by atoms with Gasteiger partial charge < -0.3 is 9.73 Å². The molecule has 19 heavy (non-hydrogen) atoms. The van der Waals surface area contributed by atoms with E-state index in [2.05, 4.69) is 5.32 Å². The van der Waals surface area contributed by atoms with Gasteiger partial charge in [0.15, 0.2) is 5.58 Å². The van der Waals surface area contributed by atoms with E-state index in [1.165, 1.54) is 31.2 Å². The molecule has 2 aromatic rings. The Bertz CT molecular complexity index is 641. The third-order valence-corrected chi connectivity index (χ3v) is 4.58. The minimum Gasteiger partial charge on any atom is -0.458 e. The predicted octanol–water partition coefficient (Wildman–Crippen LogP) is 4.87. The second kappa shape index (κ2) is 4.41. The zero-order valence-corrected chi connectivity index (χ0v) is 12.0. The predicted molar refractivity (Wildman–Crippen MR) is 78.1 cm³/mol. The summed E-state index contributed by atoms with van der Waals surface area (Å²) >= 11 is 12.6. The van der Waals surface area contributed by atoms with Crippen molar-refractivity contribution in [2.75, 3.05) is 0 Å². The summed E-state index contributed by atoms with van der Waals surface area (Å²) in [6.07, 6.45) is 5.02. The molecule has 0 unspecified atom stereocenters. The van der Waals surface area contributed by atoms with Gasteiger partial charge >= 0.3 is 0 Å². The Labute approximate surface area is 122 Å². The minimum atomic E-state index is 0.605. The second-order valence-corrected chi connectivity index (χ2v) is 6.42. The van der Waals surface area contributed by atoms with Crippen LogP contribution in [0, 0.1) is 0 Å². The molecule has 1 aromatic carbocycles. The summed E-state index contributed by atoms with van der Waals surface area (Å²) in [7, 11) is 0. The van der Waals surface area contributed by atoms with Gasteiger partial charge in [-0.05, 0) is 43.7 Å². The summed E-state index contributed by atoms with van der Waals surface area (Å²) in [4.78, 5) is 0. The average Bonchev–Trinajstić information content (AvgIpc) is 3.30. The first-order valence-electron chi connectivity index (χ1n) is 6.86. The average molecular weight is 296 g/mol. The molecule has 1 aromatic heterocycles. The van der Waals surface area contributed by atoms with Gasteiger partial charge in [0.25, 0.3) is 0 Å². The van der Waals surface area contributed by atoms with Crippen LogP contribution < -0.4 is 5.32 Å². The molecular formula is C15H15Cl2NO. The highest BCUT2D eigenvalue weighted by Crippen LogP contribution is 2.49. The van der Waals surface area contributed by atoms with E-state index >= 15 is 0 Å². The quantitative estimate of drug-likeness (QED) is 0.870. The molecule has 0 saturated heterocycles. The summed E-state index contributed by atoms with van der Waals surface area (Å²) in [5.74, 6) is 1.63. The molecule has 2 saturated carbocycles. The largest absolute Gasteiger partial charge is 0.458 e. The second-order valence-electron chi connectivity index (χ2n) is 5.60. The van der Waals surface area contributed by atoms with Gasteiger partial charge in [-0.3, -0.25) is 0 Å². The molecule has 2 fully saturated rings. The van der Waals surface area contributed by atoms with Crippen LogP contribution in [0.5, 0.6) is 0 Å². The molecule has 0 atom stereocenters. The smallest absolute Gasteiger partial charge is 0.154 e. The van der Waals surface area contributed by atoms with E-state index in [0.29, 0.717) is 17.0 Å². The van der Waals surface area contributed by atoms with Gasteiger partial charge in [0.1, 0.15) is 5.76 Å². The van der Waals surface area contributed by atoms with Crippen LogP contribution in [-0.2, 0) is 6.54 Å². The van der Waals surface area contributed by atoms with Crippen LogP contribution in [0.4, 0.5) is 0 Å². The zero-order valence-electron chi connectivity index (χ0n) is 10.5. The van der Waals surface area contributed by atoms with Crippen molar-refractivity contribution in [3.63, 3.8) is 0 Å². The van der Waals surface area contributed by atoms with Crippen LogP contribution in [0.2, 0.25) is 10.0 Å². The molecule has 1 heterocycles. The van der Waals surface area contributed by atoms with Crippen LogP contribution in [0.1, 0.15) is 42.9 Å². The highest BCUT2D eigenvalue weighted by atomic mass is 35.5. The molecule has 1 N–H and O–H groups in total. The lowest BCUT2D eigenvalue weighted by Crippen LogP contribution is -2.15. The molecular weight excluding hydrogens is 281 g/mol. The van der Waals surface area contributed by atoms with Crippen molar-refractivity contribution >= 4 is 34.2 Å². The van der Waals surface area contributed by atoms with E-state index in [1.54, 1.807) is 0 Å². The van der Waals surface area contributed by atoms with E-state index in [4.69, 9.17) is 27.6 Å². The minimum absolute atomic E-state index is 0.605. The fourth-order valence-corrected chi connectivity index (χ4v) is 3.11. The number of fused-ring (bicyclic) bond motifs is 1. The van der Waals surface area contributed by atoms with Crippen molar-refractivity contribution in [2.45, 2.75) is 44.2 Å². The standard InChI is InChI=1S/C15H15Cl2NO/c16-10-5-6-11(17)15-14(10)13(8-1-2-8)12(19-15)7-18-9-3-4-9/h5-6,8-9,18H,1-4,7H2. The molecule has 0 amide bonds. The Balaban J connectivity index is 1.83. The van der Waals surface area contributed by atoms with Crippen LogP contribution in [0.3, 0.4) is 0 Å². The highest BCUT2D eigenvalue weighted by molar-refractivity contribution is 6.40. The van der Waals surface area contributed by atoms with Gasteiger partial charge in [0.05, 0.1) is 16.6 Å². The van der Waals surface area contributed by atoms with Crippen LogP contribution in [0.15, 0.2) is 16.5 Å². The van der Waals surface area contributed by atoms with Gasteiger partial charge in [-0.15, -0.1) is 0 Å². The lowest BCUT2D eigenvalue weighted by molar-refractivity contribution is 0.506. The highest BCUT2D eigenvalue weighted by Gasteiger charge is 2.33. The molecule has 0 aliphatic heterocycles. The van der Waals surface area contributed by atoms with Crippen molar-refractivity contribution in [1.82, 2.24) is 5.32 Å². The number of furan rings is 1. The Morgan fingerprint density at radius 2 is 1.84 bits per heavy atom. The molecule has 100 valence electrons. The SMILES string of the molecule is Clc1ccc(Cl)c2c(C3CC3)c(CNC3CC3)oc12. The maximum Gasteiger partial charge on any atom is 0.154 e. The first-order chi connectivity index (χ1) is 9.24. The lowest BCUT2D eigenvalue weighted by Gasteiger charge is -2.03. The van der Waals surface area contributed by atoms with E-state index < -0.39 is 0 Å². The Morgan fingerprint density at radius 1 is 1.11 bits per heavy atom. The van der Waals surface area contributed by atoms with E-state index in [-0.39, 0.29) is 0 Å². The monoisotopic (exact) mass is 295 g/mol. The number of rotatable bonds is 4. The van der Waals surface area contributed by atoms with Gasteiger partial charge in [0.2, 0.25) is 0 Å². The third kappa shape index (κ3) is 2.16. The van der Waals surface area contributed by atoms with Crippen LogP contribution in [0.25, 0.3) is 11.0 Å². The summed E-state index contributed by atoms with van der Waals surface area (Å²) in [5, 5.41) is 5.95. The van der Waals surface area contributed by atoms with E-state index in [0.717, 1.165) is 28.3 Å². The van der Waals surface area contributed by atoms with Gasteiger partial charge in [-0.1, -0.05) is 23.2 Å². The fourth-order valence-electron chi connectivity index (χ4n) is 2.66. The molecule has 2 nitrogen and oxygen atoms in total. The number of nitrogens with one attached hydrogen (secondary N) is 1. The maximum absolute atomic E-state index is 6.36. The normalized spacial score (nSPS) is 19.3. The van der Waals surface area contributed by atoms with Gasteiger partial charge in [-0.25, -0.2) is 0 Å². The summed E-state index contributed by atoms with van der Waals surface area (Å²) in [5.41, 5.74) is 2.04. The molecule has 0 spiro atoms.